The summed E-state index contributed by atoms with van der Waals surface area (Å²) in [7, 11) is 3.40. The van der Waals surface area contributed by atoms with E-state index in [1.54, 1.807) is 25.2 Å². The molecule has 8 heteroatoms. The van der Waals surface area contributed by atoms with Crippen LogP contribution in [0.5, 0.6) is 5.75 Å². The Kier molecular flexibility index (Phi) is 6.28. The zero-order valence-corrected chi connectivity index (χ0v) is 20.8. The van der Waals surface area contributed by atoms with Crippen LogP contribution in [0.2, 0.25) is 5.02 Å². The third-order valence-corrected chi connectivity index (χ3v) is 6.78. The number of benzene rings is 3. The molecule has 0 saturated heterocycles. The second kappa shape index (κ2) is 9.52. The minimum atomic E-state index is -0.237. The van der Waals surface area contributed by atoms with E-state index < -0.39 is 0 Å². The van der Waals surface area contributed by atoms with Crippen LogP contribution < -0.4 is 15.6 Å². The second-order valence-electron chi connectivity index (χ2n) is 8.17. The summed E-state index contributed by atoms with van der Waals surface area (Å²) >= 11 is 12.0. The largest absolute Gasteiger partial charge is 0.496 e. The van der Waals surface area contributed by atoms with Crippen molar-refractivity contribution in [3.63, 3.8) is 0 Å². The van der Waals surface area contributed by atoms with Gasteiger partial charge >= 0.3 is 0 Å². The first-order valence-corrected chi connectivity index (χ1v) is 11.9. The van der Waals surface area contributed by atoms with Crippen LogP contribution >= 0.6 is 23.8 Å². The highest BCUT2D eigenvalue weighted by molar-refractivity contribution is 7.80. The lowest BCUT2D eigenvalue weighted by molar-refractivity contribution is 0.344. The first kappa shape index (κ1) is 23.1. The molecule has 2 heterocycles. The predicted molar refractivity (Wildman–Crippen MR) is 145 cm³/mol. The van der Waals surface area contributed by atoms with Gasteiger partial charge in [-0.15, -0.1) is 0 Å². The summed E-state index contributed by atoms with van der Waals surface area (Å²) in [5, 5.41) is 11.5. The molecule has 3 aromatic carbocycles. The number of hydrogen-bond acceptors (Lipinski definition) is 4. The molecular formula is C27H23ClN4O2S. The minimum absolute atomic E-state index is 0.214. The van der Waals surface area contributed by atoms with Gasteiger partial charge in [-0.25, -0.2) is 5.01 Å². The highest BCUT2D eigenvalue weighted by Gasteiger charge is 2.35. The van der Waals surface area contributed by atoms with Crippen LogP contribution in [-0.4, -0.2) is 35.0 Å². The fraction of sp³-hybridized carbons (Fsp3) is 0.148. The first-order valence-electron chi connectivity index (χ1n) is 11.1. The third-order valence-electron chi connectivity index (χ3n) is 6.16. The second-order valence-corrected chi connectivity index (χ2v) is 8.99. The lowest BCUT2D eigenvalue weighted by atomic mass is 9.91. The van der Waals surface area contributed by atoms with Gasteiger partial charge in [-0.2, -0.15) is 5.10 Å². The zero-order valence-electron chi connectivity index (χ0n) is 19.2. The smallest absolute Gasteiger partial charge is 0.258 e. The normalized spacial score (nSPS) is 15.2. The highest BCUT2D eigenvalue weighted by Crippen LogP contribution is 2.39. The summed E-state index contributed by atoms with van der Waals surface area (Å²) in [6, 6.07) is 22.8. The molecule has 2 N–H and O–H groups in total. The maximum absolute atomic E-state index is 13.6. The van der Waals surface area contributed by atoms with Gasteiger partial charge in [-0.05, 0) is 42.0 Å². The number of aromatic amines is 1. The first-order chi connectivity index (χ1) is 17.0. The van der Waals surface area contributed by atoms with E-state index in [4.69, 9.17) is 33.7 Å². The average molecular weight is 503 g/mol. The molecule has 35 heavy (non-hydrogen) atoms. The van der Waals surface area contributed by atoms with Crippen LogP contribution in [0.25, 0.3) is 22.0 Å². The van der Waals surface area contributed by atoms with Crippen molar-refractivity contribution in [1.29, 1.82) is 0 Å². The molecule has 4 aromatic rings. The zero-order chi connectivity index (χ0) is 24.5. The van der Waals surface area contributed by atoms with E-state index in [0.29, 0.717) is 33.3 Å². The SMILES string of the molecule is CNC(=S)N1N=C(c2c(-c3ccccc3)c3cc(Cl)ccc3[nH]c2=O)CC1c1ccccc1OC. The third kappa shape index (κ3) is 4.17. The number of hydrazone groups is 1. The monoisotopic (exact) mass is 502 g/mol. The molecule has 0 spiro atoms. The molecule has 0 amide bonds. The quantitative estimate of drug-likeness (QED) is 0.360. The van der Waals surface area contributed by atoms with Crippen LogP contribution in [-0.2, 0) is 0 Å². The van der Waals surface area contributed by atoms with E-state index >= 15 is 0 Å². The molecule has 0 bridgehead atoms. The van der Waals surface area contributed by atoms with E-state index in [2.05, 4.69) is 10.3 Å². The molecule has 0 saturated carbocycles. The van der Waals surface area contributed by atoms with Gasteiger partial charge in [0.1, 0.15) is 5.75 Å². The van der Waals surface area contributed by atoms with Crippen LogP contribution in [0, 0.1) is 0 Å². The van der Waals surface area contributed by atoms with Crippen LogP contribution in [0.15, 0.2) is 82.7 Å². The molecule has 0 fully saturated rings. The lowest BCUT2D eigenvalue weighted by Crippen LogP contribution is -2.34. The molecule has 1 aromatic heterocycles. The number of nitrogens with zero attached hydrogens (tertiary/aromatic N) is 2. The number of para-hydroxylation sites is 1. The Bertz CT molecular complexity index is 1520. The molecular weight excluding hydrogens is 480 g/mol. The van der Waals surface area contributed by atoms with Gasteiger partial charge in [0, 0.05) is 40.5 Å². The number of H-pyrrole nitrogens is 1. The highest BCUT2D eigenvalue weighted by atomic mass is 35.5. The number of nitrogens with one attached hydrogen (secondary N) is 2. The van der Waals surface area contributed by atoms with Crippen molar-refractivity contribution in [3.05, 3.63) is 99.3 Å². The van der Waals surface area contributed by atoms with Crippen LogP contribution in [0.1, 0.15) is 23.6 Å². The van der Waals surface area contributed by atoms with Gasteiger partial charge in [0.05, 0.1) is 24.4 Å². The molecule has 1 atom stereocenters. The van der Waals surface area contributed by atoms with Gasteiger partial charge in [0.2, 0.25) is 0 Å². The molecule has 0 aliphatic carbocycles. The molecule has 6 nitrogen and oxygen atoms in total. The topological polar surface area (TPSA) is 69.7 Å². The number of hydrogen-bond donors (Lipinski definition) is 2. The fourth-order valence-electron chi connectivity index (χ4n) is 4.59. The van der Waals surface area contributed by atoms with Gasteiger partial charge < -0.3 is 15.0 Å². The Morgan fingerprint density at radius 3 is 2.60 bits per heavy atom. The number of fused-ring (bicyclic) bond motifs is 1. The van der Waals surface area contributed by atoms with Crippen molar-refractivity contribution < 1.29 is 4.74 Å². The summed E-state index contributed by atoms with van der Waals surface area (Å²) in [4.78, 5) is 16.6. The fourth-order valence-corrected chi connectivity index (χ4v) is 4.93. The van der Waals surface area contributed by atoms with Crippen molar-refractivity contribution in [1.82, 2.24) is 15.3 Å². The molecule has 1 aliphatic heterocycles. The van der Waals surface area contributed by atoms with Crippen LogP contribution in [0.3, 0.4) is 0 Å². The lowest BCUT2D eigenvalue weighted by Gasteiger charge is -2.25. The van der Waals surface area contributed by atoms with Gasteiger partial charge in [0.15, 0.2) is 5.11 Å². The van der Waals surface area contributed by atoms with Crippen molar-refractivity contribution in [3.8, 4) is 16.9 Å². The van der Waals surface area contributed by atoms with Crippen LogP contribution in [0.4, 0.5) is 0 Å². The maximum atomic E-state index is 13.6. The Morgan fingerprint density at radius 2 is 1.86 bits per heavy atom. The summed E-state index contributed by atoms with van der Waals surface area (Å²) in [6.07, 6.45) is 0.469. The Balaban J connectivity index is 1.75. The Morgan fingerprint density at radius 1 is 1.11 bits per heavy atom. The number of methoxy groups -OCH3 is 1. The molecule has 1 unspecified atom stereocenters. The number of aromatic nitrogens is 1. The summed E-state index contributed by atoms with van der Waals surface area (Å²) in [5.74, 6) is 0.736. The maximum Gasteiger partial charge on any atom is 0.258 e. The number of rotatable bonds is 4. The van der Waals surface area contributed by atoms with Gasteiger partial charge in [-0.1, -0.05) is 60.1 Å². The van der Waals surface area contributed by atoms with Crippen molar-refractivity contribution in [2.75, 3.05) is 14.2 Å². The predicted octanol–water partition coefficient (Wildman–Crippen LogP) is 5.51. The standard InChI is InChI=1S/C27H23ClN4O2S/c1-29-27(35)32-22(18-10-6-7-11-23(18)34-2)15-21(31-32)25-24(16-8-4-3-5-9-16)19-14-17(28)12-13-20(19)30-26(25)33/h3-14,22H,15H2,1-2H3,(H,29,35)(H,30,33). The van der Waals surface area contributed by atoms with E-state index in [1.165, 1.54) is 0 Å². The number of ether oxygens (including phenoxy) is 1. The summed E-state index contributed by atoms with van der Waals surface area (Å²) < 4.78 is 5.62. The Labute approximate surface area is 213 Å². The number of pyridine rings is 1. The molecule has 1 aliphatic rings. The van der Waals surface area contributed by atoms with E-state index in [9.17, 15) is 4.79 Å². The number of halogens is 1. The minimum Gasteiger partial charge on any atom is -0.496 e. The molecule has 0 radical (unpaired) electrons. The Hall–Kier alpha value is -3.68. The van der Waals surface area contributed by atoms with Gasteiger partial charge in [0.25, 0.3) is 5.56 Å². The number of thiocarbonyl (C=S) groups is 1. The molecule has 5 rings (SSSR count). The summed E-state index contributed by atoms with van der Waals surface area (Å²) in [5.41, 5.74) is 4.28. The summed E-state index contributed by atoms with van der Waals surface area (Å²) in [6.45, 7) is 0. The van der Waals surface area contributed by atoms with E-state index in [0.717, 1.165) is 27.8 Å². The van der Waals surface area contributed by atoms with E-state index in [-0.39, 0.29) is 11.6 Å². The van der Waals surface area contributed by atoms with E-state index in [1.807, 2.05) is 66.7 Å². The van der Waals surface area contributed by atoms with Crippen molar-refractivity contribution in [2.45, 2.75) is 12.5 Å². The van der Waals surface area contributed by atoms with Crippen molar-refractivity contribution >= 4 is 45.5 Å². The molecule has 176 valence electrons. The van der Waals surface area contributed by atoms with Gasteiger partial charge in [-0.3, -0.25) is 4.79 Å². The average Bonchev–Trinajstić information content (AvgIpc) is 3.33. The van der Waals surface area contributed by atoms with Crippen molar-refractivity contribution in [2.24, 2.45) is 5.10 Å².